The van der Waals surface area contributed by atoms with Crippen molar-refractivity contribution in [3.8, 4) is 0 Å². The second-order valence-electron chi connectivity index (χ2n) is 4.63. The molecular formula is C13H16N2S. The molecule has 1 N–H and O–H groups in total. The second kappa shape index (κ2) is 4.06. The summed E-state index contributed by atoms with van der Waals surface area (Å²) in [5.74, 6) is 0.683. The average Bonchev–Trinajstić information content (AvgIpc) is 2.69. The highest BCUT2D eigenvalue weighted by molar-refractivity contribution is 7.71. The van der Waals surface area contributed by atoms with Gasteiger partial charge in [-0.25, -0.2) is 0 Å². The molecule has 84 valence electrons. The molecule has 0 bridgehead atoms. The van der Waals surface area contributed by atoms with Crippen LogP contribution >= 0.6 is 12.2 Å². The Labute approximate surface area is 100 Å². The van der Waals surface area contributed by atoms with Gasteiger partial charge in [0.15, 0.2) is 4.77 Å². The van der Waals surface area contributed by atoms with E-state index in [4.69, 9.17) is 12.2 Å². The second-order valence-corrected chi connectivity index (χ2v) is 5.02. The maximum atomic E-state index is 5.35. The van der Waals surface area contributed by atoms with Crippen LogP contribution in [0.2, 0.25) is 0 Å². The van der Waals surface area contributed by atoms with Gasteiger partial charge in [0.1, 0.15) is 0 Å². The fourth-order valence-corrected chi connectivity index (χ4v) is 3.05. The number of hydrogen-bond donors (Lipinski definition) is 1. The van der Waals surface area contributed by atoms with E-state index in [2.05, 4.69) is 21.5 Å². The summed E-state index contributed by atoms with van der Waals surface area (Å²) in [5, 5.41) is 0. The van der Waals surface area contributed by atoms with E-state index in [1.807, 2.05) is 12.3 Å². The molecule has 2 aromatic heterocycles. The van der Waals surface area contributed by atoms with Crippen molar-refractivity contribution in [3.63, 3.8) is 0 Å². The summed E-state index contributed by atoms with van der Waals surface area (Å²) < 4.78 is 2.91. The van der Waals surface area contributed by atoms with E-state index in [9.17, 15) is 0 Å². The van der Waals surface area contributed by atoms with Crippen LogP contribution in [0.25, 0.3) is 5.52 Å². The molecule has 2 aromatic rings. The van der Waals surface area contributed by atoms with Gasteiger partial charge in [-0.1, -0.05) is 25.3 Å². The molecule has 0 spiro atoms. The van der Waals surface area contributed by atoms with Crippen molar-refractivity contribution >= 4 is 17.7 Å². The van der Waals surface area contributed by atoms with Crippen LogP contribution in [0.5, 0.6) is 0 Å². The van der Waals surface area contributed by atoms with Crippen LogP contribution in [0, 0.1) is 4.77 Å². The third-order valence-electron chi connectivity index (χ3n) is 3.61. The van der Waals surface area contributed by atoms with Crippen molar-refractivity contribution < 1.29 is 0 Å². The molecule has 0 atom stereocenters. The number of hydrogen-bond acceptors (Lipinski definition) is 1. The Kier molecular flexibility index (Phi) is 2.56. The first-order valence-electron chi connectivity index (χ1n) is 6.05. The van der Waals surface area contributed by atoms with Gasteiger partial charge in [-0.2, -0.15) is 0 Å². The predicted octanol–water partition coefficient (Wildman–Crippen LogP) is 4.04. The summed E-state index contributed by atoms with van der Waals surface area (Å²) in [7, 11) is 0. The molecule has 0 amide bonds. The quantitative estimate of drug-likeness (QED) is 0.736. The number of nitrogens with one attached hydrogen (secondary N) is 1. The number of pyridine rings is 1. The van der Waals surface area contributed by atoms with Gasteiger partial charge in [-0.15, -0.1) is 0 Å². The zero-order valence-electron chi connectivity index (χ0n) is 9.28. The van der Waals surface area contributed by atoms with Crippen LogP contribution in [0.1, 0.15) is 43.7 Å². The fraction of sp³-hybridized carbons (Fsp3) is 0.462. The van der Waals surface area contributed by atoms with Gasteiger partial charge < -0.3 is 4.98 Å². The lowest BCUT2D eigenvalue weighted by Gasteiger charge is -2.20. The third kappa shape index (κ3) is 1.59. The Morgan fingerprint density at radius 2 is 2.00 bits per heavy atom. The van der Waals surface area contributed by atoms with Crippen molar-refractivity contribution in [1.82, 2.24) is 9.38 Å². The molecule has 0 aliphatic heterocycles. The lowest BCUT2D eigenvalue weighted by molar-refractivity contribution is 0.439. The minimum absolute atomic E-state index is 0.683. The predicted molar refractivity (Wildman–Crippen MR) is 68.4 cm³/mol. The molecule has 0 saturated heterocycles. The van der Waals surface area contributed by atoms with Crippen LogP contribution in [-0.4, -0.2) is 9.38 Å². The lowest BCUT2D eigenvalue weighted by Crippen LogP contribution is -2.05. The maximum absolute atomic E-state index is 5.35. The number of rotatable bonds is 1. The fourth-order valence-electron chi connectivity index (χ4n) is 2.78. The Balaban J connectivity index is 2.12. The first-order valence-corrected chi connectivity index (χ1v) is 6.46. The molecule has 3 heteroatoms. The number of aromatic amines is 1. The zero-order chi connectivity index (χ0) is 11.0. The van der Waals surface area contributed by atoms with Crippen LogP contribution in [0.15, 0.2) is 24.4 Å². The molecular weight excluding hydrogens is 216 g/mol. The standard InChI is InChI=1S/C13H16N2S/c16-13-14-12(10-6-2-1-3-7-10)11-8-4-5-9-15(11)13/h4-5,8-10H,1-3,6-7H2,(H,14,16). The topological polar surface area (TPSA) is 20.2 Å². The Bertz CT molecular complexity index is 546. The molecule has 2 heterocycles. The van der Waals surface area contributed by atoms with Gasteiger partial charge in [-0.3, -0.25) is 4.40 Å². The summed E-state index contributed by atoms with van der Waals surface area (Å²) in [6.45, 7) is 0. The molecule has 3 rings (SSSR count). The van der Waals surface area contributed by atoms with E-state index in [1.54, 1.807) is 0 Å². The van der Waals surface area contributed by atoms with E-state index in [0.717, 1.165) is 4.77 Å². The summed E-state index contributed by atoms with van der Waals surface area (Å²) in [6.07, 6.45) is 8.76. The van der Waals surface area contributed by atoms with E-state index in [0.29, 0.717) is 5.92 Å². The number of fused-ring (bicyclic) bond motifs is 1. The first-order chi connectivity index (χ1) is 7.86. The Hall–Kier alpha value is -1.09. The van der Waals surface area contributed by atoms with Crippen LogP contribution in [0.3, 0.4) is 0 Å². The minimum atomic E-state index is 0.683. The Morgan fingerprint density at radius 3 is 2.81 bits per heavy atom. The van der Waals surface area contributed by atoms with Crippen molar-refractivity contribution in [3.05, 3.63) is 34.9 Å². The molecule has 1 aliphatic carbocycles. The molecule has 2 nitrogen and oxygen atoms in total. The van der Waals surface area contributed by atoms with E-state index in [1.165, 1.54) is 43.3 Å². The van der Waals surface area contributed by atoms with Crippen molar-refractivity contribution in [1.29, 1.82) is 0 Å². The largest absolute Gasteiger partial charge is 0.333 e. The average molecular weight is 232 g/mol. The summed E-state index contributed by atoms with van der Waals surface area (Å²) in [5.41, 5.74) is 2.62. The lowest BCUT2D eigenvalue weighted by atomic mass is 9.86. The molecule has 16 heavy (non-hydrogen) atoms. The van der Waals surface area contributed by atoms with Crippen LogP contribution in [-0.2, 0) is 0 Å². The monoisotopic (exact) mass is 232 g/mol. The molecule has 1 saturated carbocycles. The highest BCUT2D eigenvalue weighted by Gasteiger charge is 2.19. The molecule has 0 unspecified atom stereocenters. The number of nitrogens with zero attached hydrogens (tertiary/aromatic N) is 1. The number of imidazole rings is 1. The zero-order valence-corrected chi connectivity index (χ0v) is 10.1. The van der Waals surface area contributed by atoms with E-state index in [-0.39, 0.29) is 0 Å². The number of H-pyrrole nitrogens is 1. The Morgan fingerprint density at radius 1 is 1.19 bits per heavy atom. The van der Waals surface area contributed by atoms with Crippen molar-refractivity contribution in [2.45, 2.75) is 38.0 Å². The van der Waals surface area contributed by atoms with Gasteiger partial charge in [0.25, 0.3) is 0 Å². The molecule has 0 aromatic carbocycles. The smallest absolute Gasteiger partial charge is 0.182 e. The minimum Gasteiger partial charge on any atom is -0.333 e. The van der Waals surface area contributed by atoms with Crippen molar-refractivity contribution in [2.75, 3.05) is 0 Å². The van der Waals surface area contributed by atoms with Gasteiger partial charge in [-0.05, 0) is 37.2 Å². The highest BCUT2D eigenvalue weighted by atomic mass is 32.1. The highest BCUT2D eigenvalue weighted by Crippen LogP contribution is 2.33. The molecule has 1 aliphatic rings. The summed E-state index contributed by atoms with van der Waals surface area (Å²) >= 11 is 5.35. The molecule has 0 radical (unpaired) electrons. The normalized spacial score (nSPS) is 18.0. The van der Waals surface area contributed by atoms with Gasteiger partial charge in [0.2, 0.25) is 0 Å². The van der Waals surface area contributed by atoms with Crippen LogP contribution in [0.4, 0.5) is 0 Å². The number of aromatic nitrogens is 2. The van der Waals surface area contributed by atoms with E-state index >= 15 is 0 Å². The maximum Gasteiger partial charge on any atom is 0.182 e. The third-order valence-corrected chi connectivity index (χ3v) is 3.91. The summed E-state index contributed by atoms with van der Waals surface area (Å²) in [4.78, 5) is 3.40. The van der Waals surface area contributed by atoms with Crippen molar-refractivity contribution in [2.24, 2.45) is 0 Å². The van der Waals surface area contributed by atoms with Crippen LogP contribution < -0.4 is 0 Å². The summed E-state index contributed by atoms with van der Waals surface area (Å²) in [6, 6.07) is 6.28. The van der Waals surface area contributed by atoms with Gasteiger partial charge in [0.05, 0.1) is 5.52 Å². The van der Waals surface area contributed by atoms with Gasteiger partial charge in [0, 0.05) is 17.8 Å². The van der Waals surface area contributed by atoms with E-state index < -0.39 is 0 Å². The first kappa shape index (κ1) is 10.1. The SMILES string of the molecule is S=c1[nH]c(C2CCCCC2)c2ccccn12. The molecule has 1 fully saturated rings. The van der Waals surface area contributed by atoms with Gasteiger partial charge >= 0.3 is 0 Å².